The molecule has 0 amide bonds. The van der Waals surface area contributed by atoms with Crippen LogP contribution >= 0.6 is 0 Å². The molecule has 0 radical (unpaired) electrons. The summed E-state index contributed by atoms with van der Waals surface area (Å²) in [7, 11) is 0. The van der Waals surface area contributed by atoms with E-state index in [1.54, 1.807) is 13.8 Å². The second-order valence-corrected chi connectivity index (χ2v) is 6.78. The maximum Gasteiger partial charge on any atom is 0.339 e. The average Bonchev–Trinajstić information content (AvgIpc) is 2.60. The highest BCUT2D eigenvalue weighted by Gasteiger charge is 2.62. The van der Waals surface area contributed by atoms with E-state index in [4.69, 9.17) is 15.2 Å². The number of benzene rings is 1. The highest BCUT2D eigenvalue weighted by atomic mass is 16.6. The molecule has 26 heavy (non-hydrogen) atoms. The Bertz CT molecular complexity index is 626. The molecule has 0 spiro atoms. The molecule has 2 unspecified atom stereocenters. The molecule has 2 rings (SSSR count). The summed E-state index contributed by atoms with van der Waals surface area (Å²) in [5.41, 5.74) is 3.44. The van der Waals surface area contributed by atoms with E-state index < -0.39 is 35.1 Å². The summed E-state index contributed by atoms with van der Waals surface area (Å²) < 4.78 is 9.92. The van der Waals surface area contributed by atoms with Gasteiger partial charge in [-0.1, -0.05) is 29.8 Å². The van der Waals surface area contributed by atoms with E-state index in [9.17, 15) is 19.8 Å². The molecular weight excluding hydrogens is 338 g/mol. The van der Waals surface area contributed by atoms with Gasteiger partial charge in [-0.05, 0) is 45.1 Å². The van der Waals surface area contributed by atoms with Gasteiger partial charge in [0.05, 0.1) is 19.3 Å². The van der Waals surface area contributed by atoms with Crippen molar-refractivity contribution < 1.29 is 29.3 Å². The second kappa shape index (κ2) is 7.73. The summed E-state index contributed by atoms with van der Waals surface area (Å²) in [4.78, 5) is 24.8. The van der Waals surface area contributed by atoms with Crippen molar-refractivity contribution in [1.82, 2.24) is 0 Å². The molecule has 144 valence electrons. The maximum absolute atomic E-state index is 12.4. The predicted molar refractivity (Wildman–Crippen MR) is 94.3 cm³/mol. The van der Waals surface area contributed by atoms with Crippen molar-refractivity contribution in [3.63, 3.8) is 0 Å². The summed E-state index contributed by atoms with van der Waals surface area (Å²) in [5.74, 6) is -2.38. The van der Waals surface area contributed by atoms with Gasteiger partial charge in [-0.15, -0.1) is 0 Å². The fourth-order valence-electron chi connectivity index (χ4n) is 3.48. The molecule has 1 saturated carbocycles. The lowest BCUT2D eigenvalue weighted by Gasteiger charge is -2.47. The van der Waals surface area contributed by atoms with E-state index >= 15 is 0 Å². The Kier molecular flexibility index (Phi) is 6.05. The van der Waals surface area contributed by atoms with Crippen molar-refractivity contribution in [1.29, 1.82) is 0 Å². The Hall–Kier alpha value is -1.96. The number of ether oxygens (including phenoxy) is 2. The number of aryl methyl sites for hydroxylation is 1. The third-order valence-corrected chi connectivity index (χ3v) is 4.95. The number of carbonyl (C=O) groups is 2. The molecule has 7 nitrogen and oxygen atoms in total. The molecule has 4 atom stereocenters. The largest absolute Gasteiger partial charge is 0.464 e. The van der Waals surface area contributed by atoms with E-state index in [2.05, 4.69) is 0 Å². The van der Waals surface area contributed by atoms with Crippen LogP contribution in [-0.2, 0) is 19.1 Å². The summed E-state index contributed by atoms with van der Waals surface area (Å²) in [5, 5.41) is 22.0. The lowest BCUT2D eigenvalue weighted by molar-refractivity contribution is -0.198. The number of hydrogen-bond acceptors (Lipinski definition) is 7. The van der Waals surface area contributed by atoms with Gasteiger partial charge in [0.15, 0.2) is 11.2 Å². The van der Waals surface area contributed by atoms with Crippen LogP contribution in [0.1, 0.15) is 43.7 Å². The lowest BCUT2D eigenvalue weighted by Crippen LogP contribution is -2.71. The fourth-order valence-corrected chi connectivity index (χ4v) is 3.48. The Morgan fingerprint density at radius 3 is 1.85 bits per heavy atom. The van der Waals surface area contributed by atoms with Crippen molar-refractivity contribution >= 4 is 11.9 Å². The van der Waals surface area contributed by atoms with Crippen molar-refractivity contribution in [3.8, 4) is 0 Å². The minimum absolute atomic E-state index is 0.0426. The second-order valence-electron chi connectivity index (χ2n) is 6.78. The third-order valence-electron chi connectivity index (χ3n) is 4.95. The lowest BCUT2D eigenvalue weighted by atomic mass is 9.64. The molecule has 0 aliphatic heterocycles. The van der Waals surface area contributed by atoms with Crippen LogP contribution in [0.2, 0.25) is 0 Å². The zero-order valence-corrected chi connectivity index (χ0v) is 15.4. The van der Waals surface area contributed by atoms with Crippen LogP contribution in [0, 0.1) is 6.92 Å². The van der Waals surface area contributed by atoms with Crippen molar-refractivity contribution in [3.05, 3.63) is 35.4 Å². The van der Waals surface area contributed by atoms with Gasteiger partial charge >= 0.3 is 11.9 Å². The molecule has 0 saturated heterocycles. The molecule has 0 bridgehead atoms. The Morgan fingerprint density at radius 2 is 1.46 bits per heavy atom. The monoisotopic (exact) mass is 365 g/mol. The highest BCUT2D eigenvalue weighted by molar-refractivity contribution is 5.87. The van der Waals surface area contributed by atoms with Crippen LogP contribution in [0.5, 0.6) is 0 Å². The molecule has 0 heterocycles. The third kappa shape index (κ3) is 3.60. The Morgan fingerprint density at radius 1 is 1.04 bits per heavy atom. The van der Waals surface area contributed by atoms with E-state index in [1.165, 1.54) is 0 Å². The van der Waals surface area contributed by atoms with Gasteiger partial charge in [-0.3, -0.25) is 0 Å². The van der Waals surface area contributed by atoms with Crippen LogP contribution in [0.4, 0.5) is 0 Å². The first-order valence-electron chi connectivity index (χ1n) is 8.80. The number of rotatable bonds is 5. The molecule has 4 N–H and O–H groups in total. The topological polar surface area (TPSA) is 119 Å². The summed E-state index contributed by atoms with van der Waals surface area (Å²) in [6, 6.07) is 5.89. The summed E-state index contributed by atoms with van der Waals surface area (Å²) in [6.45, 7) is 5.22. The van der Waals surface area contributed by atoms with E-state index in [0.717, 1.165) is 11.1 Å². The molecular formula is C19H27NO6. The molecule has 1 aliphatic rings. The quantitative estimate of drug-likeness (QED) is 0.660. The SMILES string of the molecule is CCOC(=O)[C@]1(O)CC(c2ccc(C)cc2)C[C@](O)(C(=O)OCC)C1N. The molecule has 1 aromatic carbocycles. The van der Waals surface area contributed by atoms with Crippen molar-refractivity contribution in [2.75, 3.05) is 13.2 Å². The Labute approximate surface area is 153 Å². The average molecular weight is 365 g/mol. The van der Waals surface area contributed by atoms with Gasteiger partial charge in [0, 0.05) is 0 Å². The smallest absolute Gasteiger partial charge is 0.339 e. The standard InChI is InChI=1S/C19H27NO6/c1-4-25-16(21)18(23)10-14(13-8-6-12(3)7-9-13)11-19(24,15(18)20)17(22)26-5-2/h6-9,14-15,23-24H,4-5,10-11,20H2,1-3H3/t14?,15?,18-,19+. The van der Waals surface area contributed by atoms with Gasteiger partial charge in [0.25, 0.3) is 0 Å². The van der Waals surface area contributed by atoms with Crippen LogP contribution in [0.15, 0.2) is 24.3 Å². The van der Waals surface area contributed by atoms with E-state index in [-0.39, 0.29) is 26.1 Å². The first-order chi connectivity index (χ1) is 12.2. The fraction of sp³-hybridized carbons (Fsp3) is 0.579. The predicted octanol–water partition coefficient (Wildman–Crippen LogP) is 0.788. The zero-order chi connectivity index (χ0) is 19.5. The number of aliphatic hydroxyl groups is 2. The van der Waals surface area contributed by atoms with Gasteiger partial charge in [0.2, 0.25) is 0 Å². The van der Waals surface area contributed by atoms with E-state index in [0.29, 0.717) is 0 Å². The molecule has 1 aliphatic carbocycles. The molecule has 0 aromatic heterocycles. The molecule has 1 aromatic rings. The number of esters is 2. The van der Waals surface area contributed by atoms with Crippen molar-refractivity contribution in [2.45, 2.75) is 56.8 Å². The Balaban J connectivity index is 2.47. The maximum atomic E-state index is 12.4. The highest BCUT2D eigenvalue weighted by Crippen LogP contribution is 2.44. The number of carbonyl (C=O) groups excluding carboxylic acids is 2. The van der Waals surface area contributed by atoms with Crippen LogP contribution < -0.4 is 5.73 Å². The first kappa shape index (κ1) is 20.4. The minimum Gasteiger partial charge on any atom is -0.464 e. The van der Waals surface area contributed by atoms with Crippen LogP contribution in [0.25, 0.3) is 0 Å². The molecule has 7 heteroatoms. The van der Waals surface area contributed by atoms with Crippen LogP contribution in [-0.4, -0.2) is 52.6 Å². The first-order valence-corrected chi connectivity index (χ1v) is 8.80. The van der Waals surface area contributed by atoms with Gasteiger partial charge in [0.1, 0.15) is 0 Å². The van der Waals surface area contributed by atoms with Crippen LogP contribution in [0.3, 0.4) is 0 Å². The zero-order valence-electron chi connectivity index (χ0n) is 15.4. The normalized spacial score (nSPS) is 31.3. The van der Waals surface area contributed by atoms with Gasteiger partial charge < -0.3 is 25.4 Å². The molecule has 1 fully saturated rings. The van der Waals surface area contributed by atoms with Gasteiger partial charge in [-0.2, -0.15) is 0 Å². The number of nitrogens with two attached hydrogens (primary N) is 1. The summed E-state index contributed by atoms with van der Waals surface area (Å²) in [6.07, 6.45) is -0.116. The van der Waals surface area contributed by atoms with Crippen molar-refractivity contribution in [2.24, 2.45) is 5.73 Å². The van der Waals surface area contributed by atoms with Gasteiger partial charge in [-0.25, -0.2) is 9.59 Å². The summed E-state index contributed by atoms with van der Waals surface area (Å²) >= 11 is 0. The minimum atomic E-state index is -2.20. The van der Waals surface area contributed by atoms with E-state index in [1.807, 2.05) is 31.2 Å². The number of hydrogen-bond donors (Lipinski definition) is 3.